The highest BCUT2D eigenvalue weighted by Crippen LogP contribution is 0.648. The topological polar surface area (TPSA) is 74.1 Å². The van der Waals surface area contributed by atoms with E-state index in [9.17, 15) is 0 Å². The van der Waals surface area contributed by atoms with Gasteiger partial charge in [-0.15, -0.1) is 0 Å². The van der Waals surface area contributed by atoms with Gasteiger partial charge in [-0.25, -0.2) is 10.3 Å². The predicted octanol–water partition coefficient (Wildman–Crippen LogP) is -3.36. The van der Waals surface area contributed by atoms with Crippen LogP contribution in [-0.2, 0) is 0 Å². The molecule has 0 saturated carbocycles. The summed E-state index contributed by atoms with van der Waals surface area (Å²) in [6, 6.07) is 0. The van der Waals surface area contributed by atoms with Gasteiger partial charge in [0.15, 0.2) is 0 Å². The molecule has 44 valence electrons. The first kappa shape index (κ1) is 16.3. The van der Waals surface area contributed by atoms with Crippen LogP contribution in [0.3, 0.4) is 0 Å². The number of hydrogen-bond donors (Lipinski definition) is 2. The van der Waals surface area contributed by atoms with Crippen molar-refractivity contribution in [2.24, 2.45) is 0 Å². The van der Waals surface area contributed by atoms with Crippen molar-refractivity contribution < 1.29 is 10.3 Å². The highest BCUT2D eigenvalue weighted by Gasteiger charge is 0.984. The molecular formula is C2H8N2O2S. The van der Waals surface area contributed by atoms with Crippen LogP contribution in [0.1, 0.15) is 0 Å². The molecule has 0 unspecified atom stereocenters. The molecule has 0 amide bonds. The molecule has 0 aromatic carbocycles. The van der Waals surface area contributed by atoms with Gasteiger partial charge in [0.1, 0.15) is 13.4 Å². The first-order valence-corrected chi connectivity index (χ1v) is 1.12. The smallest absolute Gasteiger partial charge is 0.136 e. The van der Waals surface area contributed by atoms with Gasteiger partial charge in [0.2, 0.25) is 0 Å². The molecule has 0 saturated heterocycles. The third kappa shape index (κ3) is 114. The van der Waals surface area contributed by atoms with Crippen LogP contribution >= 0.6 is 13.5 Å². The van der Waals surface area contributed by atoms with Crippen molar-refractivity contribution in [1.82, 2.24) is 0 Å². The second kappa shape index (κ2) is 58.5. The largest absolute Gasteiger partial charge is 0.626 e. The SMILES string of the molecule is C=[NH+][O-].C=[NH+][O-].S. The molecule has 0 aromatic rings. The zero-order valence-electron chi connectivity index (χ0n) is 3.73. The number of rotatable bonds is 0. The molecule has 0 atom stereocenters. The summed E-state index contributed by atoms with van der Waals surface area (Å²) in [5.74, 6) is 0. The van der Waals surface area contributed by atoms with Crippen molar-refractivity contribution in [2.75, 3.05) is 0 Å². The van der Waals surface area contributed by atoms with Crippen molar-refractivity contribution in [1.29, 1.82) is 0 Å². The Kier molecular flexibility index (Phi) is 136. The fourth-order valence-corrected chi connectivity index (χ4v) is 0. The highest BCUT2D eigenvalue weighted by molar-refractivity contribution is 7.59. The van der Waals surface area contributed by atoms with Crippen LogP contribution in [0, 0.1) is 10.4 Å². The van der Waals surface area contributed by atoms with Gasteiger partial charge in [0.25, 0.3) is 0 Å². The first-order valence-electron chi connectivity index (χ1n) is 1.12. The Hall–Kier alpha value is -0.710. The molecule has 0 fully saturated rings. The Bertz CT molecular complexity index is 34.7. The van der Waals surface area contributed by atoms with Gasteiger partial charge in [-0.1, -0.05) is 0 Å². The van der Waals surface area contributed by atoms with E-state index in [1.165, 1.54) is 10.3 Å². The Morgan fingerprint density at radius 1 is 1.00 bits per heavy atom. The average Bonchev–Trinajstić information content (AvgIpc) is 1.39. The molecule has 0 spiro atoms. The molecule has 0 aromatic heterocycles. The first-order chi connectivity index (χ1) is 2.83. The highest BCUT2D eigenvalue weighted by atomic mass is 32.1. The van der Waals surface area contributed by atoms with E-state index in [2.05, 4.69) is 13.4 Å². The summed E-state index contributed by atoms with van der Waals surface area (Å²) in [7, 11) is 0. The van der Waals surface area contributed by atoms with E-state index in [1.54, 1.807) is 0 Å². The fourth-order valence-electron chi connectivity index (χ4n) is 0. The lowest BCUT2D eigenvalue weighted by Gasteiger charge is -1.58. The minimum Gasteiger partial charge on any atom is -0.626 e. The third-order valence-corrected chi connectivity index (χ3v) is 0. The predicted molar refractivity (Wildman–Crippen MR) is 33.3 cm³/mol. The number of hydrogen-bond acceptors (Lipinski definition) is 2. The van der Waals surface area contributed by atoms with Gasteiger partial charge < -0.3 is 10.4 Å². The second-order valence-corrected chi connectivity index (χ2v) is 0.289. The fraction of sp³-hybridized carbons (Fsp3) is 0. The summed E-state index contributed by atoms with van der Waals surface area (Å²) in [5, 5.41) is 19.6. The van der Waals surface area contributed by atoms with E-state index in [1.807, 2.05) is 0 Å². The van der Waals surface area contributed by atoms with Crippen molar-refractivity contribution in [2.45, 2.75) is 0 Å². The van der Waals surface area contributed by atoms with Crippen LogP contribution < -0.4 is 10.3 Å². The van der Waals surface area contributed by atoms with Crippen LogP contribution in [0.15, 0.2) is 0 Å². The van der Waals surface area contributed by atoms with Gasteiger partial charge in [0, 0.05) is 0 Å². The average molecular weight is 124 g/mol. The van der Waals surface area contributed by atoms with E-state index in [4.69, 9.17) is 10.4 Å². The van der Waals surface area contributed by atoms with Gasteiger partial charge in [-0.05, 0) is 0 Å². The molecular weight excluding hydrogens is 116 g/mol. The van der Waals surface area contributed by atoms with E-state index < -0.39 is 0 Å². The minimum atomic E-state index is 0. The second-order valence-electron chi connectivity index (χ2n) is 0.289. The van der Waals surface area contributed by atoms with E-state index in [0.717, 1.165) is 0 Å². The molecule has 0 heterocycles. The summed E-state index contributed by atoms with van der Waals surface area (Å²) in [6.07, 6.45) is 0. The Labute approximate surface area is 48.6 Å². The quantitative estimate of drug-likeness (QED) is 0.201. The molecule has 4 nitrogen and oxygen atoms in total. The summed E-state index contributed by atoms with van der Waals surface area (Å²) in [4.78, 5) is 0. The van der Waals surface area contributed by atoms with Crippen molar-refractivity contribution in [3.05, 3.63) is 10.4 Å². The molecule has 5 heteroatoms. The van der Waals surface area contributed by atoms with Crippen LogP contribution in [0.4, 0.5) is 0 Å². The van der Waals surface area contributed by atoms with Crippen molar-refractivity contribution >= 4 is 26.9 Å². The lowest BCUT2D eigenvalue weighted by atomic mass is 11.8. The standard InChI is InChI=1S/2CH3NO.H2S/c2*1-2-3;/h2*2H,1H2;1H2. The summed E-state index contributed by atoms with van der Waals surface area (Å²) in [5.41, 5.74) is 0. The van der Waals surface area contributed by atoms with Gasteiger partial charge in [0.05, 0.1) is 0 Å². The zero-order chi connectivity index (χ0) is 5.41. The molecule has 0 aliphatic heterocycles. The van der Waals surface area contributed by atoms with Crippen LogP contribution in [0.2, 0.25) is 0 Å². The van der Waals surface area contributed by atoms with Crippen molar-refractivity contribution in [3.8, 4) is 0 Å². The lowest BCUT2D eigenvalue weighted by Crippen LogP contribution is -2.56. The molecule has 0 radical (unpaired) electrons. The normalized spacial score (nSPS) is 3.43. The summed E-state index contributed by atoms with van der Waals surface area (Å²) in [6.45, 7) is 5.36. The van der Waals surface area contributed by atoms with E-state index in [0.29, 0.717) is 0 Å². The Morgan fingerprint density at radius 3 is 1.00 bits per heavy atom. The van der Waals surface area contributed by atoms with Gasteiger partial charge in [-0.3, -0.25) is 0 Å². The molecule has 0 rings (SSSR count). The molecule has 0 aliphatic carbocycles. The van der Waals surface area contributed by atoms with Crippen molar-refractivity contribution in [3.63, 3.8) is 0 Å². The zero-order valence-corrected chi connectivity index (χ0v) is 4.73. The Morgan fingerprint density at radius 2 is 1.00 bits per heavy atom. The Balaban J connectivity index is -0.0000000400. The monoisotopic (exact) mass is 124 g/mol. The van der Waals surface area contributed by atoms with Crippen LogP contribution in [-0.4, -0.2) is 13.4 Å². The van der Waals surface area contributed by atoms with Crippen LogP contribution in [0.5, 0.6) is 0 Å². The third-order valence-electron chi connectivity index (χ3n) is 0. The summed E-state index contributed by atoms with van der Waals surface area (Å²) >= 11 is 0. The van der Waals surface area contributed by atoms with E-state index in [-0.39, 0.29) is 13.5 Å². The maximum atomic E-state index is 8.57. The molecule has 2 N–H and O–H groups in total. The molecule has 7 heavy (non-hydrogen) atoms. The van der Waals surface area contributed by atoms with Gasteiger partial charge >= 0.3 is 0 Å². The summed E-state index contributed by atoms with van der Waals surface area (Å²) < 4.78 is 0. The van der Waals surface area contributed by atoms with Gasteiger partial charge in [-0.2, -0.15) is 13.5 Å². The molecule has 0 aliphatic rings. The maximum Gasteiger partial charge on any atom is 0.136 e. The maximum absolute atomic E-state index is 8.57. The minimum absolute atomic E-state index is 0. The lowest BCUT2D eigenvalue weighted by molar-refractivity contribution is -0.362. The van der Waals surface area contributed by atoms with Crippen LogP contribution in [0.25, 0.3) is 0 Å². The number of nitrogens with one attached hydrogen (secondary N) is 2. The molecule has 0 bridgehead atoms. The van der Waals surface area contributed by atoms with E-state index >= 15 is 0 Å².